The van der Waals surface area contributed by atoms with Gasteiger partial charge in [0.15, 0.2) is 18.4 Å². The number of ether oxygens (including phenoxy) is 3. The fourth-order valence-corrected chi connectivity index (χ4v) is 5.14. The third-order valence-electron chi connectivity index (χ3n) is 5.60. The minimum Gasteiger partial charge on any atom is -0.464 e. The summed E-state index contributed by atoms with van der Waals surface area (Å²) >= 11 is 0. The topological polar surface area (TPSA) is 91.4 Å². The van der Waals surface area contributed by atoms with Gasteiger partial charge in [-0.1, -0.05) is 42.5 Å². The van der Waals surface area contributed by atoms with Gasteiger partial charge in [-0.15, -0.1) is 0 Å². The van der Waals surface area contributed by atoms with E-state index < -0.39 is 33.5 Å². The summed E-state index contributed by atoms with van der Waals surface area (Å²) in [6.07, 6.45) is -0.760. The van der Waals surface area contributed by atoms with Crippen LogP contribution in [0.2, 0.25) is 0 Å². The maximum Gasteiger partial charge on any atom is 0.414 e. The van der Waals surface area contributed by atoms with E-state index >= 15 is 4.39 Å². The number of hydrogen-bond donors (Lipinski definition) is 0. The van der Waals surface area contributed by atoms with Crippen molar-refractivity contribution in [3.8, 4) is 5.75 Å². The lowest BCUT2D eigenvalue weighted by Crippen LogP contribution is -2.37. The number of rotatable bonds is 7. The highest BCUT2D eigenvalue weighted by atomic mass is 32.2. The molecule has 4 rings (SSSR count). The number of halogens is 1. The molecular formula is C26H28FNO7S. The van der Waals surface area contributed by atoms with Crippen LogP contribution in [0, 0.1) is 5.82 Å². The molecule has 0 saturated carbocycles. The molecule has 1 aliphatic rings. The number of nitrogens with zero attached hydrogens (tertiary/aromatic N) is 1. The summed E-state index contributed by atoms with van der Waals surface area (Å²) in [7, 11) is -2.65. The number of fused-ring (bicyclic) bond motifs is 3. The number of hydrogen-bond acceptors (Lipinski definition) is 7. The highest BCUT2D eigenvalue weighted by molar-refractivity contribution is 7.86. The molecule has 3 aromatic rings. The van der Waals surface area contributed by atoms with E-state index in [0.29, 0.717) is 16.3 Å². The van der Waals surface area contributed by atoms with E-state index in [0.717, 1.165) is 0 Å². The molecule has 0 saturated heterocycles. The zero-order chi connectivity index (χ0) is 26.1. The van der Waals surface area contributed by atoms with Crippen LogP contribution in [-0.2, 0) is 23.8 Å². The average Bonchev–Trinajstić information content (AvgIpc) is 3.23. The van der Waals surface area contributed by atoms with E-state index in [-0.39, 0.29) is 36.3 Å². The second-order valence-corrected chi connectivity index (χ2v) is 11.0. The van der Waals surface area contributed by atoms with Gasteiger partial charge in [-0.05, 0) is 43.9 Å². The van der Waals surface area contributed by atoms with E-state index in [4.69, 9.17) is 18.4 Å². The van der Waals surface area contributed by atoms with Crippen LogP contribution in [0.5, 0.6) is 5.75 Å². The predicted molar refractivity (Wildman–Crippen MR) is 132 cm³/mol. The number of carbonyl (C=O) groups is 1. The summed E-state index contributed by atoms with van der Waals surface area (Å²) in [6.45, 7) is 4.58. The van der Waals surface area contributed by atoms with Crippen LogP contribution in [0.25, 0.3) is 10.8 Å². The van der Waals surface area contributed by atoms with Crippen molar-refractivity contribution in [3.05, 3.63) is 66.0 Å². The molecule has 0 spiro atoms. The molecule has 36 heavy (non-hydrogen) atoms. The molecule has 0 aromatic heterocycles. The summed E-state index contributed by atoms with van der Waals surface area (Å²) in [6, 6.07) is 14.7. The maximum atomic E-state index is 16.0. The Morgan fingerprint density at radius 2 is 1.69 bits per heavy atom. The fourth-order valence-electron chi connectivity index (χ4n) is 4.17. The number of methoxy groups -OCH3 is 1. The van der Waals surface area contributed by atoms with Crippen LogP contribution in [0.3, 0.4) is 0 Å². The van der Waals surface area contributed by atoms with Crippen molar-refractivity contribution in [1.29, 1.82) is 0 Å². The summed E-state index contributed by atoms with van der Waals surface area (Å²) < 4.78 is 63.0. The lowest BCUT2D eigenvalue weighted by Gasteiger charge is -2.25. The Balaban J connectivity index is 1.80. The number of benzene rings is 3. The Morgan fingerprint density at radius 1 is 1.06 bits per heavy atom. The molecule has 0 N–H and O–H groups in total. The molecule has 1 heterocycles. The van der Waals surface area contributed by atoms with Crippen LogP contribution in [0.15, 0.2) is 59.5 Å². The third kappa shape index (κ3) is 5.16. The fraction of sp³-hybridized carbons (Fsp3) is 0.346. The van der Waals surface area contributed by atoms with Crippen molar-refractivity contribution in [2.45, 2.75) is 37.2 Å². The Labute approximate surface area is 209 Å². The van der Waals surface area contributed by atoms with Crippen LogP contribution < -0.4 is 9.64 Å². The van der Waals surface area contributed by atoms with Gasteiger partial charge in [0.25, 0.3) is 10.1 Å². The molecule has 0 aliphatic carbocycles. The molecule has 0 bridgehead atoms. The first-order valence-corrected chi connectivity index (χ1v) is 12.7. The molecule has 3 aromatic carbocycles. The van der Waals surface area contributed by atoms with E-state index in [1.807, 2.05) is 0 Å². The molecule has 8 nitrogen and oxygen atoms in total. The predicted octanol–water partition coefficient (Wildman–Crippen LogP) is 5.21. The second-order valence-electron chi connectivity index (χ2n) is 9.34. The molecule has 192 valence electrons. The minimum absolute atomic E-state index is 0.00608. The van der Waals surface area contributed by atoms with Gasteiger partial charge in [0.05, 0.1) is 17.2 Å². The largest absolute Gasteiger partial charge is 0.464 e. The maximum absolute atomic E-state index is 16.0. The SMILES string of the molecule is COCOc1c(F)c2c(c3ccccc13)C(COS(=O)(=O)c1ccccc1)CN2C(=O)OC(C)(C)C. The van der Waals surface area contributed by atoms with Gasteiger partial charge in [0.2, 0.25) is 0 Å². The van der Waals surface area contributed by atoms with Crippen molar-refractivity contribution < 1.29 is 36.0 Å². The first-order chi connectivity index (χ1) is 17.0. The highest BCUT2D eigenvalue weighted by Crippen LogP contribution is 2.48. The van der Waals surface area contributed by atoms with Crippen molar-refractivity contribution in [1.82, 2.24) is 0 Å². The molecule has 10 heteroatoms. The number of anilines is 1. The molecule has 0 fully saturated rings. The van der Waals surface area contributed by atoms with Crippen molar-refractivity contribution >= 4 is 32.7 Å². The van der Waals surface area contributed by atoms with Crippen molar-refractivity contribution in [3.63, 3.8) is 0 Å². The number of carbonyl (C=O) groups excluding carboxylic acids is 1. The Hall–Kier alpha value is -3.21. The number of amides is 1. The average molecular weight is 518 g/mol. The molecule has 1 atom stereocenters. The van der Waals surface area contributed by atoms with Gasteiger partial charge >= 0.3 is 6.09 Å². The molecule has 1 amide bonds. The van der Waals surface area contributed by atoms with Crippen molar-refractivity contribution in [2.75, 3.05) is 32.0 Å². The van der Waals surface area contributed by atoms with E-state index in [2.05, 4.69) is 0 Å². The van der Waals surface area contributed by atoms with Gasteiger partial charge in [0.1, 0.15) is 5.60 Å². The lowest BCUT2D eigenvalue weighted by atomic mass is 9.94. The van der Waals surface area contributed by atoms with Gasteiger partial charge in [-0.25, -0.2) is 9.18 Å². The molecule has 1 aliphatic heterocycles. The monoisotopic (exact) mass is 517 g/mol. The van der Waals surface area contributed by atoms with Gasteiger partial charge in [0, 0.05) is 25.0 Å². The zero-order valence-electron chi connectivity index (χ0n) is 20.5. The normalized spacial score (nSPS) is 15.7. The standard InChI is InChI=1S/C26H28FNO7S/c1-26(2,3)35-25(29)28-14-17(15-34-36(30,31)18-10-6-5-7-11-18)21-19-12-8-9-13-20(19)24(33-16-32-4)22(27)23(21)28/h5-13,17H,14-16H2,1-4H3. The summed E-state index contributed by atoms with van der Waals surface area (Å²) in [5.74, 6) is -1.49. The Morgan fingerprint density at radius 3 is 2.33 bits per heavy atom. The van der Waals surface area contributed by atoms with E-state index in [1.54, 1.807) is 63.2 Å². The molecule has 0 radical (unpaired) electrons. The lowest BCUT2D eigenvalue weighted by molar-refractivity contribution is 0.0494. The van der Waals surface area contributed by atoms with Gasteiger partial charge < -0.3 is 14.2 Å². The second kappa shape index (κ2) is 10.0. The van der Waals surface area contributed by atoms with Gasteiger partial charge in [-0.2, -0.15) is 8.42 Å². The zero-order valence-corrected chi connectivity index (χ0v) is 21.3. The summed E-state index contributed by atoms with van der Waals surface area (Å²) in [5, 5.41) is 1.07. The van der Waals surface area contributed by atoms with Crippen LogP contribution in [-0.4, -0.2) is 47.2 Å². The van der Waals surface area contributed by atoms with Crippen LogP contribution in [0.4, 0.5) is 14.9 Å². The minimum atomic E-state index is -4.07. The Kier molecular flexibility index (Phi) is 7.21. The Bertz CT molecular complexity index is 1370. The van der Waals surface area contributed by atoms with Gasteiger partial charge in [-0.3, -0.25) is 9.08 Å². The summed E-state index contributed by atoms with van der Waals surface area (Å²) in [4.78, 5) is 14.3. The van der Waals surface area contributed by atoms with Crippen LogP contribution in [0.1, 0.15) is 32.3 Å². The van der Waals surface area contributed by atoms with E-state index in [1.165, 1.54) is 24.1 Å². The smallest absolute Gasteiger partial charge is 0.414 e. The van der Waals surface area contributed by atoms with Crippen molar-refractivity contribution in [2.24, 2.45) is 0 Å². The first-order valence-electron chi connectivity index (χ1n) is 11.3. The highest BCUT2D eigenvalue weighted by Gasteiger charge is 2.41. The quantitative estimate of drug-likeness (QED) is 0.314. The molecule has 1 unspecified atom stereocenters. The van der Waals surface area contributed by atoms with E-state index in [9.17, 15) is 13.2 Å². The first kappa shape index (κ1) is 25.9. The summed E-state index contributed by atoms with van der Waals surface area (Å²) in [5.41, 5.74) is -0.410. The third-order valence-corrected chi connectivity index (χ3v) is 6.89. The molecular weight excluding hydrogens is 489 g/mol. The van der Waals surface area contributed by atoms with Crippen LogP contribution >= 0.6 is 0 Å².